The molecule has 1 aromatic carbocycles. The second kappa shape index (κ2) is 6.21. The van der Waals surface area contributed by atoms with Crippen molar-refractivity contribution in [1.82, 2.24) is 0 Å². The van der Waals surface area contributed by atoms with Crippen LogP contribution in [0, 0.1) is 16.0 Å². The van der Waals surface area contributed by atoms with Gasteiger partial charge in [0.25, 0.3) is 0 Å². The Bertz CT molecular complexity index is 467. The first-order valence-corrected chi connectivity index (χ1v) is 6.80. The van der Waals surface area contributed by atoms with Crippen molar-refractivity contribution in [3.8, 4) is 0 Å². The van der Waals surface area contributed by atoms with Crippen LogP contribution in [0.4, 0.5) is 11.4 Å². The van der Waals surface area contributed by atoms with Gasteiger partial charge >= 0.3 is 5.69 Å². The Morgan fingerprint density at radius 3 is 2.95 bits per heavy atom. The number of anilines is 1. The van der Waals surface area contributed by atoms with E-state index in [2.05, 4.69) is 5.32 Å². The number of nitro benzene ring substituents is 1. The molecule has 2 rings (SSSR count). The smallest absolute Gasteiger partial charge is 0.310 e. The van der Waals surface area contributed by atoms with Crippen LogP contribution in [-0.2, 0) is 0 Å². The van der Waals surface area contributed by atoms with Crippen LogP contribution in [0.3, 0.4) is 0 Å². The minimum atomic E-state index is -0.461. The summed E-state index contributed by atoms with van der Waals surface area (Å²) < 4.78 is 0. The SMILES string of the molecule is O=[N+]([O-])c1c(Cl)cccc1NC1CCCC(CO)C1. The van der Waals surface area contributed by atoms with Crippen molar-refractivity contribution >= 4 is 23.0 Å². The van der Waals surface area contributed by atoms with Crippen molar-refractivity contribution in [2.45, 2.75) is 31.7 Å². The Kier molecular flexibility index (Phi) is 4.61. The topological polar surface area (TPSA) is 75.4 Å². The Morgan fingerprint density at radius 1 is 1.47 bits per heavy atom. The zero-order valence-corrected chi connectivity index (χ0v) is 11.3. The molecule has 0 heterocycles. The van der Waals surface area contributed by atoms with Gasteiger partial charge in [0.1, 0.15) is 10.7 Å². The third kappa shape index (κ3) is 3.36. The van der Waals surface area contributed by atoms with Gasteiger partial charge in [0.2, 0.25) is 0 Å². The van der Waals surface area contributed by atoms with Crippen LogP contribution in [-0.4, -0.2) is 22.7 Å². The van der Waals surface area contributed by atoms with E-state index in [1.54, 1.807) is 12.1 Å². The molecular weight excluding hydrogens is 268 g/mol. The molecule has 1 fully saturated rings. The normalized spacial score (nSPS) is 23.1. The van der Waals surface area contributed by atoms with Crippen LogP contribution in [0.15, 0.2) is 18.2 Å². The molecule has 1 aromatic rings. The summed E-state index contributed by atoms with van der Waals surface area (Å²) in [7, 11) is 0. The summed E-state index contributed by atoms with van der Waals surface area (Å²) >= 11 is 5.88. The van der Waals surface area contributed by atoms with E-state index in [9.17, 15) is 15.2 Å². The molecule has 1 saturated carbocycles. The van der Waals surface area contributed by atoms with Gasteiger partial charge in [-0.25, -0.2) is 0 Å². The van der Waals surface area contributed by atoms with Crippen LogP contribution in [0.5, 0.6) is 0 Å². The molecule has 2 unspecified atom stereocenters. The number of aliphatic hydroxyl groups excluding tert-OH is 1. The maximum Gasteiger partial charge on any atom is 0.310 e. The van der Waals surface area contributed by atoms with Crippen molar-refractivity contribution < 1.29 is 10.0 Å². The number of aliphatic hydroxyl groups is 1. The van der Waals surface area contributed by atoms with E-state index >= 15 is 0 Å². The van der Waals surface area contributed by atoms with Gasteiger partial charge in [-0.3, -0.25) is 10.1 Å². The number of rotatable bonds is 4. The van der Waals surface area contributed by atoms with Crippen molar-refractivity contribution in [1.29, 1.82) is 0 Å². The van der Waals surface area contributed by atoms with Crippen LogP contribution < -0.4 is 5.32 Å². The minimum Gasteiger partial charge on any atom is -0.396 e. The molecule has 6 heteroatoms. The van der Waals surface area contributed by atoms with E-state index in [1.165, 1.54) is 6.07 Å². The molecule has 1 aliphatic rings. The second-order valence-corrected chi connectivity index (χ2v) is 5.36. The Balaban J connectivity index is 2.14. The molecule has 104 valence electrons. The molecule has 5 nitrogen and oxygen atoms in total. The fourth-order valence-corrected chi connectivity index (χ4v) is 2.87. The number of nitrogens with zero attached hydrogens (tertiary/aromatic N) is 1. The summed E-state index contributed by atoms with van der Waals surface area (Å²) in [5, 5.41) is 23.6. The number of hydrogen-bond acceptors (Lipinski definition) is 4. The standard InChI is InChI=1S/C13H17ClN2O3/c14-11-5-2-6-12(13(11)16(18)19)15-10-4-1-3-9(7-10)8-17/h2,5-6,9-10,15,17H,1,3-4,7-8H2. The molecule has 0 spiro atoms. The fourth-order valence-electron chi connectivity index (χ4n) is 2.63. The predicted octanol–water partition coefficient (Wildman–Crippen LogP) is 3.21. The highest BCUT2D eigenvalue weighted by atomic mass is 35.5. The summed E-state index contributed by atoms with van der Waals surface area (Å²) in [4.78, 5) is 10.6. The number of hydrogen-bond donors (Lipinski definition) is 2. The molecule has 0 aromatic heterocycles. The van der Waals surface area contributed by atoms with Crippen molar-refractivity contribution in [3.05, 3.63) is 33.3 Å². The third-order valence-corrected chi connectivity index (χ3v) is 3.87. The van der Waals surface area contributed by atoms with E-state index in [0.29, 0.717) is 5.69 Å². The Hall–Kier alpha value is -1.33. The van der Waals surface area contributed by atoms with Crippen LogP contribution >= 0.6 is 11.6 Å². The average molecular weight is 285 g/mol. The zero-order chi connectivity index (χ0) is 13.8. The number of benzene rings is 1. The van der Waals surface area contributed by atoms with Gasteiger partial charge in [0.05, 0.1) is 4.92 Å². The molecule has 0 radical (unpaired) electrons. The van der Waals surface area contributed by atoms with Gasteiger partial charge in [-0.2, -0.15) is 0 Å². The lowest BCUT2D eigenvalue weighted by atomic mass is 9.86. The molecule has 1 aliphatic carbocycles. The Morgan fingerprint density at radius 2 is 2.26 bits per heavy atom. The van der Waals surface area contributed by atoms with E-state index < -0.39 is 4.92 Å². The molecule has 2 atom stereocenters. The van der Waals surface area contributed by atoms with E-state index in [0.717, 1.165) is 25.7 Å². The summed E-state index contributed by atoms with van der Waals surface area (Å²) in [6.45, 7) is 0.176. The maximum absolute atomic E-state index is 11.0. The lowest BCUT2D eigenvalue weighted by Crippen LogP contribution is -2.29. The minimum absolute atomic E-state index is 0.0738. The molecule has 0 saturated heterocycles. The molecule has 0 amide bonds. The molecular formula is C13H17ClN2O3. The van der Waals surface area contributed by atoms with Gasteiger partial charge in [-0.1, -0.05) is 24.1 Å². The van der Waals surface area contributed by atoms with Gasteiger partial charge in [0.15, 0.2) is 0 Å². The molecule has 19 heavy (non-hydrogen) atoms. The lowest BCUT2D eigenvalue weighted by Gasteiger charge is -2.29. The predicted molar refractivity (Wildman–Crippen MR) is 74.6 cm³/mol. The Labute approximate surface area is 116 Å². The first-order chi connectivity index (χ1) is 9.11. The highest BCUT2D eigenvalue weighted by Gasteiger charge is 2.25. The monoisotopic (exact) mass is 284 g/mol. The van der Waals surface area contributed by atoms with Crippen molar-refractivity contribution in [3.63, 3.8) is 0 Å². The summed E-state index contributed by atoms with van der Waals surface area (Å²) in [6.07, 6.45) is 3.84. The van der Waals surface area contributed by atoms with E-state index in [4.69, 9.17) is 11.6 Å². The lowest BCUT2D eigenvalue weighted by molar-refractivity contribution is -0.383. The largest absolute Gasteiger partial charge is 0.396 e. The van der Waals surface area contributed by atoms with E-state index in [-0.39, 0.29) is 29.3 Å². The van der Waals surface area contributed by atoms with Gasteiger partial charge < -0.3 is 10.4 Å². The molecule has 0 aliphatic heterocycles. The number of nitrogens with one attached hydrogen (secondary N) is 1. The first kappa shape index (κ1) is 14.1. The van der Waals surface area contributed by atoms with Gasteiger partial charge in [-0.15, -0.1) is 0 Å². The first-order valence-electron chi connectivity index (χ1n) is 6.42. The quantitative estimate of drug-likeness (QED) is 0.657. The van der Waals surface area contributed by atoms with Crippen LogP contribution in [0.25, 0.3) is 0 Å². The maximum atomic E-state index is 11.0. The number of para-hydroxylation sites is 1. The van der Waals surface area contributed by atoms with Crippen LogP contribution in [0.1, 0.15) is 25.7 Å². The summed E-state index contributed by atoms with van der Waals surface area (Å²) in [5.41, 5.74) is 0.386. The summed E-state index contributed by atoms with van der Waals surface area (Å²) in [6, 6.07) is 5.04. The molecule has 2 N–H and O–H groups in total. The van der Waals surface area contributed by atoms with Crippen molar-refractivity contribution in [2.24, 2.45) is 5.92 Å². The van der Waals surface area contributed by atoms with Gasteiger partial charge in [0, 0.05) is 12.6 Å². The average Bonchev–Trinajstić information content (AvgIpc) is 2.38. The van der Waals surface area contributed by atoms with E-state index in [1.807, 2.05) is 0 Å². The summed E-state index contributed by atoms with van der Waals surface area (Å²) in [5.74, 6) is 0.282. The van der Waals surface area contributed by atoms with Crippen molar-refractivity contribution in [2.75, 3.05) is 11.9 Å². The highest BCUT2D eigenvalue weighted by Crippen LogP contribution is 2.34. The second-order valence-electron chi connectivity index (χ2n) is 4.95. The highest BCUT2D eigenvalue weighted by molar-refractivity contribution is 6.33. The van der Waals surface area contributed by atoms with Crippen LogP contribution in [0.2, 0.25) is 5.02 Å². The third-order valence-electron chi connectivity index (χ3n) is 3.57. The molecule has 0 bridgehead atoms. The number of nitro groups is 1. The fraction of sp³-hybridized carbons (Fsp3) is 0.538. The zero-order valence-electron chi connectivity index (χ0n) is 10.5. The van der Waals surface area contributed by atoms with Gasteiger partial charge in [-0.05, 0) is 37.3 Å². The number of halogens is 1.